The summed E-state index contributed by atoms with van der Waals surface area (Å²) in [7, 11) is 1.72. The Morgan fingerprint density at radius 3 is 2.68 bits per heavy atom. The number of thiazole rings is 1. The predicted molar refractivity (Wildman–Crippen MR) is 71.7 cm³/mol. The molecule has 19 heavy (non-hydrogen) atoms. The molecule has 1 fully saturated rings. The van der Waals surface area contributed by atoms with Crippen LogP contribution < -0.4 is 0 Å². The van der Waals surface area contributed by atoms with Crippen LogP contribution in [0.15, 0.2) is 10.9 Å². The lowest BCUT2D eigenvalue weighted by Gasteiger charge is -2.30. The maximum absolute atomic E-state index is 12.4. The third-order valence-corrected chi connectivity index (χ3v) is 4.29. The highest BCUT2D eigenvalue weighted by molar-refractivity contribution is 7.07. The average molecular weight is 282 g/mol. The van der Waals surface area contributed by atoms with E-state index in [-0.39, 0.29) is 11.8 Å². The Morgan fingerprint density at radius 2 is 2.11 bits per heavy atom. The van der Waals surface area contributed by atoms with Gasteiger partial charge in [-0.2, -0.15) is 0 Å². The summed E-state index contributed by atoms with van der Waals surface area (Å²) < 4.78 is 0. The van der Waals surface area contributed by atoms with Gasteiger partial charge in [0.1, 0.15) is 0 Å². The minimum atomic E-state index is -0.847. The number of carbonyl (C=O) groups excluding carboxylic acids is 1. The molecule has 1 heterocycles. The van der Waals surface area contributed by atoms with E-state index >= 15 is 0 Å². The lowest BCUT2D eigenvalue weighted by Crippen LogP contribution is -2.40. The number of carbonyl (C=O) groups is 2. The minimum Gasteiger partial charge on any atom is -0.481 e. The normalized spacial score (nSPS) is 23.0. The number of amides is 1. The molecule has 2 atom stereocenters. The zero-order valence-corrected chi connectivity index (χ0v) is 11.7. The summed E-state index contributed by atoms with van der Waals surface area (Å²) in [5.41, 5.74) is 2.58. The van der Waals surface area contributed by atoms with Crippen LogP contribution in [-0.4, -0.2) is 33.9 Å². The molecule has 2 unspecified atom stereocenters. The molecular formula is C13H18N2O3S. The van der Waals surface area contributed by atoms with Crippen LogP contribution in [0.25, 0.3) is 0 Å². The third kappa shape index (κ3) is 3.32. The second-order valence-electron chi connectivity index (χ2n) is 5.01. The van der Waals surface area contributed by atoms with Crippen molar-refractivity contribution >= 4 is 23.2 Å². The summed E-state index contributed by atoms with van der Waals surface area (Å²) in [6.45, 7) is 0.450. The fourth-order valence-electron chi connectivity index (χ4n) is 2.64. The number of aromatic nitrogens is 1. The van der Waals surface area contributed by atoms with Crippen molar-refractivity contribution in [3.63, 3.8) is 0 Å². The van der Waals surface area contributed by atoms with E-state index in [0.29, 0.717) is 19.4 Å². The second-order valence-corrected chi connectivity index (χ2v) is 5.73. The first-order valence-electron chi connectivity index (χ1n) is 6.44. The van der Waals surface area contributed by atoms with Crippen LogP contribution in [0.1, 0.15) is 31.4 Å². The molecule has 104 valence electrons. The molecular weight excluding hydrogens is 264 g/mol. The van der Waals surface area contributed by atoms with Crippen LogP contribution in [0.2, 0.25) is 0 Å². The number of hydrogen-bond donors (Lipinski definition) is 1. The van der Waals surface area contributed by atoms with Gasteiger partial charge in [0.25, 0.3) is 0 Å². The van der Waals surface area contributed by atoms with Gasteiger partial charge in [-0.3, -0.25) is 9.59 Å². The SMILES string of the molecule is CN(Cc1cscn1)C(=O)C1CCCCC1C(=O)O. The summed E-state index contributed by atoms with van der Waals surface area (Å²) in [5.74, 6) is -1.82. The van der Waals surface area contributed by atoms with Gasteiger partial charge in [0.05, 0.1) is 29.6 Å². The molecule has 1 aromatic heterocycles. The molecule has 1 aromatic rings. The van der Waals surface area contributed by atoms with Gasteiger partial charge in [-0.25, -0.2) is 4.98 Å². The number of aliphatic carboxylic acids is 1. The highest BCUT2D eigenvalue weighted by Gasteiger charge is 2.37. The summed E-state index contributed by atoms with van der Waals surface area (Å²) >= 11 is 1.49. The van der Waals surface area contributed by atoms with Gasteiger partial charge in [-0.05, 0) is 12.8 Å². The van der Waals surface area contributed by atoms with Crippen molar-refractivity contribution in [2.45, 2.75) is 32.2 Å². The van der Waals surface area contributed by atoms with Crippen molar-refractivity contribution in [3.05, 3.63) is 16.6 Å². The first kappa shape index (κ1) is 14.0. The van der Waals surface area contributed by atoms with Crippen molar-refractivity contribution in [2.24, 2.45) is 11.8 Å². The molecule has 5 nitrogen and oxygen atoms in total. The van der Waals surface area contributed by atoms with Gasteiger partial charge in [-0.15, -0.1) is 11.3 Å². The highest BCUT2D eigenvalue weighted by Crippen LogP contribution is 2.31. The van der Waals surface area contributed by atoms with Crippen LogP contribution in [-0.2, 0) is 16.1 Å². The molecule has 6 heteroatoms. The lowest BCUT2D eigenvalue weighted by molar-refractivity contribution is -0.152. The Labute approximate surface area is 116 Å². The van der Waals surface area contributed by atoms with E-state index in [1.165, 1.54) is 11.3 Å². The zero-order valence-electron chi connectivity index (χ0n) is 10.9. The zero-order chi connectivity index (χ0) is 13.8. The van der Waals surface area contributed by atoms with E-state index in [1.54, 1.807) is 17.5 Å². The Hall–Kier alpha value is -1.43. The lowest BCUT2D eigenvalue weighted by atomic mass is 9.78. The minimum absolute atomic E-state index is 0.0694. The topological polar surface area (TPSA) is 70.5 Å². The van der Waals surface area contributed by atoms with Crippen LogP contribution in [0.3, 0.4) is 0 Å². The molecule has 1 aliphatic rings. The molecule has 0 radical (unpaired) electrons. The van der Waals surface area contributed by atoms with E-state index in [9.17, 15) is 14.7 Å². The number of rotatable bonds is 4. The molecule has 1 aliphatic carbocycles. The van der Waals surface area contributed by atoms with Crippen molar-refractivity contribution < 1.29 is 14.7 Å². The predicted octanol–water partition coefficient (Wildman–Crippen LogP) is 1.99. The molecule has 1 N–H and O–H groups in total. The highest BCUT2D eigenvalue weighted by atomic mass is 32.1. The first-order chi connectivity index (χ1) is 9.09. The molecule has 0 spiro atoms. The maximum atomic E-state index is 12.4. The molecule has 1 amide bonds. The number of carboxylic acid groups (broad SMARTS) is 1. The van der Waals surface area contributed by atoms with Gasteiger partial charge < -0.3 is 10.0 Å². The van der Waals surface area contributed by atoms with Crippen molar-refractivity contribution in [1.82, 2.24) is 9.88 Å². The smallest absolute Gasteiger partial charge is 0.307 e. The van der Waals surface area contributed by atoms with Gasteiger partial charge in [0.2, 0.25) is 5.91 Å². The van der Waals surface area contributed by atoms with Gasteiger partial charge in [0, 0.05) is 12.4 Å². The average Bonchev–Trinajstić information content (AvgIpc) is 2.90. The largest absolute Gasteiger partial charge is 0.481 e. The Balaban J connectivity index is 2.02. The molecule has 0 aliphatic heterocycles. The monoisotopic (exact) mass is 282 g/mol. The van der Waals surface area contributed by atoms with E-state index < -0.39 is 11.9 Å². The Morgan fingerprint density at radius 1 is 1.42 bits per heavy atom. The Bertz CT molecular complexity index is 447. The molecule has 1 saturated carbocycles. The van der Waals surface area contributed by atoms with Crippen LogP contribution in [0.4, 0.5) is 0 Å². The van der Waals surface area contributed by atoms with E-state index in [4.69, 9.17) is 0 Å². The summed E-state index contributed by atoms with van der Waals surface area (Å²) in [4.78, 5) is 29.3. The van der Waals surface area contributed by atoms with Crippen molar-refractivity contribution in [1.29, 1.82) is 0 Å². The summed E-state index contributed by atoms with van der Waals surface area (Å²) in [6.07, 6.45) is 3.12. The fraction of sp³-hybridized carbons (Fsp3) is 0.615. The number of hydrogen-bond acceptors (Lipinski definition) is 4. The van der Waals surface area contributed by atoms with E-state index in [1.807, 2.05) is 5.38 Å². The number of carboxylic acids is 1. The molecule has 0 bridgehead atoms. The van der Waals surface area contributed by atoms with Crippen LogP contribution in [0.5, 0.6) is 0 Å². The molecule has 0 aromatic carbocycles. The van der Waals surface area contributed by atoms with Crippen LogP contribution >= 0.6 is 11.3 Å². The van der Waals surface area contributed by atoms with Gasteiger partial charge in [-0.1, -0.05) is 12.8 Å². The third-order valence-electron chi connectivity index (χ3n) is 3.66. The fourth-order valence-corrected chi connectivity index (χ4v) is 3.19. The van der Waals surface area contributed by atoms with Crippen LogP contribution in [0, 0.1) is 11.8 Å². The molecule has 0 saturated heterocycles. The quantitative estimate of drug-likeness (QED) is 0.917. The second kappa shape index (κ2) is 6.14. The summed E-state index contributed by atoms with van der Waals surface area (Å²) in [5, 5.41) is 11.1. The summed E-state index contributed by atoms with van der Waals surface area (Å²) in [6, 6.07) is 0. The Kier molecular flexibility index (Phi) is 4.52. The maximum Gasteiger partial charge on any atom is 0.307 e. The van der Waals surface area contributed by atoms with Crippen molar-refractivity contribution in [2.75, 3.05) is 7.05 Å². The van der Waals surface area contributed by atoms with Gasteiger partial charge >= 0.3 is 5.97 Å². The van der Waals surface area contributed by atoms with Gasteiger partial charge in [0.15, 0.2) is 0 Å². The van der Waals surface area contributed by atoms with E-state index in [0.717, 1.165) is 18.5 Å². The van der Waals surface area contributed by atoms with Crippen molar-refractivity contribution in [3.8, 4) is 0 Å². The van der Waals surface area contributed by atoms with E-state index in [2.05, 4.69) is 4.98 Å². The molecule has 2 rings (SSSR count). The standard InChI is InChI=1S/C13H18N2O3S/c1-15(6-9-7-19-8-14-9)12(16)10-4-2-3-5-11(10)13(17)18/h7-8,10-11H,2-6H2,1H3,(H,17,18). The number of nitrogens with zero attached hydrogens (tertiary/aromatic N) is 2. The first-order valence-corrected chi connectivity index (χ1v) is 7.38.